The molecule has 0 amide bonds. The van der Waals surface area contributed by atoms with E-state index in [1.54, 1.807) is 11.8 Å². The van der Waals surface area contributed by atoms with Crippen molar-refractivity contribution >= 4 is 35.1 Å². The van der Waals surface area contributed by atoms with E-state index in [0.717, 1.165) is 23.3 Å². The van der Waals surface area contributed by atoms with Crippen molar-refractivity contribution in [2.75, 3.05) is 19.3 Å². The maximum Gasteiger partial charge on any atom is 0.189 e. The molecule has 1 aromatic rings. The molecule has 1 aromatic heterocycles. The quantitative estimate of drug-likeness (QED) is 0.522. The molecule has 2 rings (SSSR count). The summed E-state index contributed by atoms with van der Waals surface area (Å²) >= 11 is 9.27. The standard InChI is InChI=1S/C10H14ClN3S2/c1-15-10-13-8(11)5-9(14-10)16-7-3-2-4-12-6-7/h5,7,12H,2-4,6H2,1H3/t7-/m1/s1. The van der Waals surface area contributed by atoms with Crippen molar-refractivity contribution in [3.8, 4) is 0 Å². The lowest BCUT2D eigenvalue weighted by molar-refractivity contribution is 0.531. The van der Waals surface area contributed by atoms with Crippen LogP contribution in [0.1, 0.15) is 12.8 Å². The highest BCUT2D eigenvalue weighted by molar-refractivity contribution is 8.00. The first kappa shape index (κ1) is 12.5. The summed E-state index contributed by atoms with van der Waals surface area (Å²) in [5, 5.41) is 6.27. The van der Waals surface area contributed by atoms with Crippen LogP contribution in [0.5, 0.6) is 0 Å². The van der Waals surface area contributed by atoms with Crippen molar-refractivity contribution in [1.82, 2.24) is 15.3 Å². The topological polar surface area (TPSA) is 37.8 Å². The number of hydrogen-bond donors (Lipinski definition) is 1. The summed E-state index contributed by atoms with van der Waals surface area (Å²) in [7, 11) is 0. The lowest BCUT2D eigenvalue weighted by atomic mass is 10.2. The van der Waals surface area contributed by atoms with Crippen LogP contribution in [0.15, 0.2) is 16.2 Å². The van der Waals surface area contributed by atoms with Crippen LogP contribution in [0.25, 0.3) is 0 Å². The van der Waals surface area contributed by atoms with Crippen molar-refractivity contribution in [3.05, 3.63) is 11.2 Å². The van der Waals surface area contributed by atoms with Gasteiger partial charge in [0.05, 0.1) is 0 Å². The van der Waals surface area contributed by atoms with Gasteiger partial charge in [0.25, 0.3) is 0 Å². The molecule has 0 aliphatic carbocycles. The molecule has 1 aliphatic rings. The molecule has 16 heavy (non-hydrogen) atoms. The lowest BCUT2D eigenvalue weighted by Crippen LogP contribution is -2.31. The van der Waals surface area contributed by atoms with Gasteiger partial charge in [-0.15, -0.1) is 11.8 Å². The fourth-order valence-corrected chi connectivity index (χ4v) is 3.50. The molecule has 88 valence electrons. The van der Waals surface area contributed by atoms with Gasteiger partial charge in [0, 0.05) is 17.9 Å². The van der Waals surface area contributed by atoms with Crippen molar-refractivity contribution < 1.29 is 0 Å². The van der Waals surface area contributed by atoms with Gasteiger partial charge in [-0.2, -0.15) is 0 Å². The molecular formula is C10H14ClN3S2. The number of piperidine rings is 1. The number of rotatable bonds is 3. The largest absolute Gasteiger partial charge is 0.316 e. The van der Waals surface area contributed by atoms with Gasteiger partial charge in [0.15, 0.2) is 5.16 Å². The molecule has 3 nitrogen and oxygen atoms in total. The molecule has 1 saturated heterocycles. The molecule has 0 bridgehead atoms. The van der Waals surface area contributed by atoms with Gasteiger partial charge < -0.3 is 5.32 Å². The van der Waals surface area contributed by atoms with Crippen molar-refractivity contribution in [3.63, 3.8) is 0 Å². The minimum atomic E-state index is 0.533. The normalized spacial score (nSPS) is 21.0. The maximum absolute atomic E-state index is 5.95. The van der Waals surface area contributed by atoms with Crippen LogP contribution in [0.3, 0.4) is 0 Å². The Morgan fingerprint density at radius 1 is 1.50 bits per heavy atom. The summed E-state index contributed by atoms with van der Waals surface area (Å²) in [5.41, 5.74) is 0. The van der Waals surface area contributed by atoms with Gasteiger partial charge in [-0.1, -0.05) is 23.4 Å². The van der Waals surface area contributed by atoms with E-state index in [2.05, 4.69) is 15.3 Å². The first-order valence-corrected chi connectivity index (χ1v) is 7.72. The van der Waals surface area contributed by atoms with E-state index >= 15 is 0 Å². The summed E-state index contributed by atoms with van der Waals surface area (Å²) in [6.07, 6.45) is 4.45. The lowest BCUT2D eigenvalue weighted by Gasteiger charge is -2.21. The summed E-state index contributed by atoms with van der Waals surface area (Å²) in [4.78, 5) is 8.58. The average Bonchev–Trinajstić information content (AvgIpc) is 2.29. The Labute approximate surface area is 109 Å². The Balaban J connectivity index is 2.04. The molecule has 6 heteroatoms. The Kier molecular flexibility index (Phi) is 4.76. The molecule has 1 atom stereocenters. The molecule has 1 N–H and O–H groups in total. The predicted octanol–water partition coefficient (Wildman–Crippen LogP) is 2.70. The first-order chi connectivity index (χ1) is 7.78. The highest BCUT2D eigenvalue weighted by Crippen LogP contribution is 2.28. The fourth-order valence-electron chi connectivity index (χ4n) is 1.62. The van der Waals surface area contributed by atoms with Crippen LogP contribution in [0, 0.1) is 0 Å². The van der Waals surface area contributed by atoms with Crippen LogP contribution in [-0.2, 0) is 0 Å². The highest BCUT2D eigenvalue weighted by Gasteiger charge is 2.15. The second-order valence-corrected chi connectivity index (χ2v) is 6.08. The van der Waals surface area contributed by atoms with Crippen LogP contribution in [0.2, 0.25) is 5.15 Å². The van der Waals surface area contributed by atoms with E-state index in [0.29, 0.717) is 10.4 Å². The highest BCUT2D eigenvalue weighted by atomic mass is 35.5. The monoisotopic (exact) mass is 275 g/mol. The molecule has 0 radical (unpaired) electrons. The number of nitrogens with one attached hydrogen (secondary N) is 1. The maximum atomic E-state index is 5.95. The third-order valence-electron chi connectivity index (χ3n) is 2.37. The molecule has 0 aromatic carbocycles. The first-order valence-electron chi connectivity index (χ1n) is 5.24. The van der Waals surface area contributed by atoms with Gasteiger partial charge in [0.1, 0.15) is 10.2 Å². The van der Waals surface area contributed by atoms with Crippen LogP contribution in [0.4, 0.5) is 0 Å². The number of hydrogen-bond acceptors (Lipinski definition) is 5. The van der Waals surface area contributed by atoms with Gasteiger partial charge >= 0.3 is 0 Å². The van der Waals surface area contributed by atoms with Gasteiger partial charge in [-0.25, -0.2) is 9.97 Å². The van der Waals surface area contributed by atoms with Gasteiger partial charge in [-0.05, 0) is 25.6 Å². The molecule has 0 spiro atoms. The van der Waals surface area contributed by atoms with Crippen molar-refractivity contribution in [2.24, 2.45) is 0 Å². The van der Waals surface area contributed by atoms with E-state index in [9.17, 15) is 0 Å². The Bertz CT molecular complexity index is 356. The predicted molar refractivity (Wildman–Crippen MR) is 70.6 cm³/mol. The second kappa shape index (κ2) is 6.10. The zero-order valence-electron chi connectivity index (χ0n) is 9.07. The molecule has 1 aliphatic heterocycles. The zero-order chi connectivity index (χ0) is 11.4. The Hall–Kier alpha value is 0.0300. The van der Waals surface area contributed by atoms with Crippen molar-refractivity contribution in [2.45, 2.75) is 28.3 Å². The molecule has 0 saturated carbocycles. The third kappa shape index (κ3) is 3.52. The number of thioether (sulfide) groups is 2. The summed E-state index contributed by atoms with van der Waals surface area (Å²) in [6, 6.07) is 1.85. The average molecular weight is 276 g/mol. The third-order valence-corrected chi connectivity index (χ3v) is 4.30. The van der Waals surface area contributed by atoms with E-state index in [1.807, 2.05) is 12.3 Å². The number of aromatic nitrogens is 2. The Morgan fingerprint density at radius 2 is 2.38 bits per heavy atom. The molecule has 0 unspecified atom stereocenters. The SMILES string of the molecule is CSc1nc(Cl)cc(S[C@@H]2CCCNC2)n1. The fraction of sp³-hybridized carbons (Fsp3) is 0.600. The van der Waals surface area contributed by atoms with Gasteiger partial charge in [0.2, 0.25) is 0 Å². The molecular weight excluding hydrogens is 262 g/mol. The van der Waals surface area contributed by atoms with Crippen LogP contribution in [-0.4, -0.2) is 34.6 Å². The zero-order valence-corrected chi connectivity index (χ0v) is 11.5. The molecule has 2 heterocycles. The minimum Gasteiger partial charge on any atom is -0.316 e. The summed E-state index contributed by atoms with van der Waals surface area (Å²) in [6.45, 7) is 2.19. The second-order valence-electron chi connectivity index (χ2n) is 3.60. The van der Waals surface area contributed by atoms with Crippen LogP contribution < -0.4 is 5.32 Å². The van der Waals surface area contributed by atoms with E-state index in [-0.39, 0.29) is 0 Å². The van der Waals surface area contributed by atoms with Crippen molar-refractivity contribution in [1.29, 1.82) is 0 Å². The number of nitrogens with zero attached hydrogens (tertiary/aromatic N) is 2. The summed E-state index contributed by atoms with van der Waals surface area (Å²) in [5.74, 6) is 0. The van der Waals surface area contributed by atoms with E-state index < -0.39 is 0 Å². The van der Waals surface area contributed by atoms with E-state index in [1.165, 1.54) is 24.6 Å². The van der Waals surface area contributed by atoms with Crippen LogP contribution >= 0.6 is 35.1 Å². The summed E-state index contributed by atoms with van der Waals surface area (Å²) < 4.78 is 0. The Morgan fingerprint density at radius 3 is 3.06 bits per heavy atom. The van der Waals surface area contributed by atoms with E-state index in [4.69, 9.17) is 11.6 Å². The molecule has 1 fully saturated rings. The smallest absolute Gasteiger partial charge is 0.189 e. The number of halogens is 1. The minimum absolute atomic E-state index is 0.533. The van der Waals surface area contributed by atoms with Gasteiger partial charge in [-0.3, -0.25) is 0 Å².